The van der Waals surface area contributed by atoms with Crippen molar-refractivity contribution in [1.29, 1.82) is 0 Å². The summed E-state index contributed by atoms with van der Waals surface area (Å²) in [7, 11) is 1.81. The fourth-order valence-electron chi connectivity index (χ4n) is 2.61. The SMILES string of the molecule is Cc1cc(N)cc([C@H]2CN(C(=O)c3nccn3C)CCO2)n1. The number of hydrogen-bond donors (Lipinski definition) is 1. The Morgan fingerprint density at radius 1 is 1.45 bits per heavy atom. The number of morpholine rings is 1. The summed E-state index contributed by atoms with van der Waals surface area (Å²) >= 11 is 0. The topological polar surface area (TPSA) is 86.3 Å². The molecule has 1 amide bonds. The van der Waals surface area contributed by atoms with Crippen LogP contribution in [0.25, 0.3) is 0 Å². The highest BCUT2D eigenvalue weighted by Gasteiger charge is 2.28. The monoisotopic (exact) mass is 301 g/mol. The van der Waals surface area contributed by atoms with E-state index in [0.717, 1.165) is 11.4 Å². The molecule has 2 N–H and O–H groups in total. The minimum atomic E-state index is -0.264. The van der Waals surface area contributed by atoms with E-state index in [1.165, 1.54) is 0 Å². The molecule has 0 spiro atoms. The third-order valence-electron chi connectivity index (χ3n) is 3.69. The fourth-order valence-corrected chi connectivity index (χ4v) is 2.61. The van der Waals surface area contributed by atoms with Crippen LogP contribution in [0.5, 0.6) is 0 Å². The second kappa shape index (κ2) is 5.76. The molecule has 2 aromatic heterocycles. The number of pyridine rings is 1. The van der Waals surface area contributed by atoms with Gasteiger partial charge in [-0.25, -0.2) is 4.98 Å². The molecule has 1 aliphatic rings. The first-order chi connectivity index (χ1) is 10.5. The number of nitrogens with zero attached hydrogens (tertiary/aromatic N) is 4. The van der Waals surface area contributed by atoms with Gasteiger partial charge in [0, 0.05) is 37.4 Å². The number of anilines is 1. The second-order valence-electron chi connectivity index (χ2n) is 5.44. The number of aromatic nitrogens is 3. The van der Waals surface area contributed by atoms with E-state index in [1.807, 2.05) is 13.0 Å². The Labute approximate surface area is 128 Å². The Morgan fingerprint density at radius 3 is 2.95 bits per heavy atom. The number of rotatable bonds is 2. The molecule has 3 rings (SSSR count). The van der Waals surface area contributed by atoms with Gasteiger partial charge in [0.25, 0.3) is 5.91 Å². The highest BCUT2D eigenvalue weighted by molar-refractivity contribution is 5.90. The lowest BCUT2D eigenvalue weighted by atomic mass is 10.1. The van der Waals surface area contributed by atoms with E-state index >= 15 is 0 Å². The molecule has 1 atom stereocenters. The molecule has 3 heterocycles. The molecule has 0 saturated carbocycles. The number of carbonyl (C=O) groups excluding carboxylic acids is 1. The van der Waals surface area contributed by atoms with Crippen LogP contribution in [0, 0.1) is 6.92 Å². The van der Waals surface area contributed by atoms with Crippen molar-refractivity contribution in [2.75, 3.05) is 25.4 Å². The quantitative estimate of drug-likeness (QED) is 0.891. The van der Waals surface area contributed by atoms with Gasteiger partial charge in [-0.05, 0) is 19.1 Å². The van der Waals surface area contributed by atoms with Crippen molar-refractivity contribution >= 4 is 11.6 Å². The zero-order chi connectivity index (χ0) is 15.7. The lowest BCUT2D eigenvalue weighted by Crippen LogP contribution is -2.43. The minimum absolute atomic E-state index is 0.0959. The van der Waals surface area contributed by atoms with Gasteiger partial charge >= 0.3 is 0 Å². The summed E-state index contributed by atoms with van der Waals surface area (Å²) in [6.07, 6.45) is 3.11. The van der Waals surface area contributed by atoms with E-state index in [-0.39, 0.29) is 12.0 Å². The molecule has 7 heteroatoms. The van der Waals surface area contributed by atoms with E-state index in [4.69, 9.17) is 10.5 Å². The summed E-state index contributed by atoms with van der Waals surface area (Å²) < 4.78 is 7.48. The van der Waals surface area contributed by atoms with Crippen molar-refractivity contribution in [2.24, 2.45) is 7.05 Å². The average Bonchev–Trinajstić information content (AvgIpc) is 2.92. The van der Waals surface area contributed by atoms with Crippen molar-refractivity contribution in [2.45, 2.75) is 13.0 Å². The fraction of sp³-hybridized carbons (Fsp3) is 0.400. The van der Waals surface area contributed by atoms with Gasteiger partial charge < -0.3 is 19.9 Å². The third-order valence-corrected chi connectivity index (χ3v) is 3.69. The van der Waals surface area contributed by atoms with E-state index in [2.05, 4.69) is 9.97 Å². The van der Waals surface area contributed by atoms with Gasteiger partial charge in [0.05, 0.1) is 18.8 Å². The van der Waals surface area contributed by atoms with Crippen LogP contribution in [0.4, 0.5) is 5.69 Å². The number of carbonyl (C=O) groups is 1. The van der Waals surface area contributed by atoms with E-state index < -0.39 is 0 Å². The molecule has 0 aliphatic carbocycles. The number of ether oxygens (including phenoxy) is 1. The van der Waals surface area contributed by atoms with Crippen LogP contribution in [0.1, 0.15) is 28.1 Å². The van der Waals surface area contributed by atoms with Crippen molar-refractivity contribution in [3.63, 3.8) is 0 Å². The summed E-state index contributed by atoms with van der Waals surface area (Å²) in [6.45, 7) is 3.35. The molecule has 0 radical (unpaired) electrons. The summed E-state index contributed by atoms with van der Waals surface area (Å²) in [6, 6.07) is 3.61. The maximum absolute atomic E-state index is 12.5. The maximum Gasteiger partial charge on any atom is 0.290 e. The zero-order valence-electron chi connectivity index (χ0n) is 12.7. The average molecular weight is 301 g/mol. The molecule has 1 fully saturated rings. The van der Waals surface area contributed by atoms with E-state index in [0.29, 0.717) is 31.2 Å². The van der Waals surface area contributed by atoms with Gasteiger partial charge in [0.15, 0.2) is 5.82 Å². The molecule has 22 heavy (non-hydrogen) atoms. The van der Waals surface area contributed by atoms with E-state index in [9.17, 15) is 4.79 Å². The Kier molecular flexibility index (Phi) is 3.81. The Bertz CT molecular complexity index is 677. The highest BCUT2D eigenvalue weighted by atomic mass is 16.5. The van der Waals surface area contributed by atoms with Gasteiger partial charge in [0.1, 0.15) is 6.10 Å². The first-order valence-electron chi connectivity index (χ1n) is 7.17. The van der Waals surface area contributed by atoms with Crippen LogP contribution >= 0.6 is 0 Å². The number of imidazole rings is 1. The van der Waals surface area contributed by atoms with Crippen LogP contribution in [-0.2, 0) is 11.8 Å². The lowest BCUT2D eigenvalue weighted by molar-refractivity contribution is -0.0252. The summed E-state index contributed by atoms with van der Waals surface area (Å²) in [4.78, 5) is 22.9. The van der Waals surface area contributed by atoms with Crippen molar-refractivity contribution in [3.05, 3.63) is 41.7 Å². The third kappa shape index (κ3) is 2.80. The Balaban J connectivity index is 1.79. The molecular formula is C15H19N5O2. The van der Waals surface area contributed by atoms with Gasteiger partial charge in [-0.3, -0.25) is 9.78 Å². The van der Waals surface area contributed by atoms with Crippen LogP contribution in [0.15, 0.2) is 24.5 Å². The first kappa shape index (κ1) is 14.5. The molecule has 0 aromatic carbocycles. The van der Waals surface area contributed by atoms with Gasteiger partial charge in [-0.15, -0.1) is 0 Å². The molecule has 116 valence electrons. The van der Waals surface area contributed by atoms with Crippen LogP contribution in [0.2, 0.25) is 0 Å². The normalized spacial score (nSPS) is 18.5. The standard InChI is InChI=1S/C15H19N5O2/c1-10-7-11(16)8-12(18-10)13-9-20(5-6-22-13)15(21)14-17-3-4-19(14)2/h3-4,7-8,13H,5-6,9H2,1-2H3,(H2,16,18)/t13-/m1/s1. The predicted octanol–water partition coefficient (Wildman–Crippen LogP) is 0.919. The minimum Gasteiger partial charge on any atom is -0.399 e. The highest BCUT2D eigenvalue weighted by Crippen LogP contribution is 2.23. The van der Waals surface area contributed by atoms with Gasteiger partial charge in [-0.2, -0.15) is 0 Å². The smallest absolute Gasteiger partial charge is 0.290 e. The first-order valence-corrected chi connectivity index (χ1v) is 7.17. The summed E-state index contributed by atoms with van der Waals surface area (Å²) in [5, 5.41) is 0. The second-order valence-corrected chi connectivity index (χ2v) is 5.44. The van der Waals surface area contributed by atoms with Crippen LogP contribution in [-0.4, -0.2) is 45.0 Å². The molecule has 7 nitrogen and oxygen atoms in total. The predicted molar refractivity (Wildman–Crippen MR) is 81.2 cm³/mol. The molecule has 1 saturated heterocycles. The number of nitrogen functional groups attached to an aromatic ring is 1. The summed E-state index contributed by atoms with van der Waals surface area (Å²) in [5.41, 5.74) is 8.12. The van der Waals surface area contributed by atoms with Gasteiger partial charge in [0.2, 0.25) is 0 Å². The number of nitrogens with two attached hydrogens (primary N) is 1. The Hall–Kier alpha value is -2.41. The van der Waals surface area contributed by atoms with Crippen LogP contribution < -0.4 is 5.73 Å². The largest absolute Gasteiger partial charge is 0.399 e. The van der Waals surface area contributed by atoms with Crippen molar-refractivity contribution in [3.8, 4) is 0 Å². The molecule has 0 bridgehead atoms. The Morgan fingerprint density at radius 2 is 2.27 bits per heavy atom. The molecule has 0 unspecified atom stereocenters. The van der Waals surface area contributed by atoms with Gasteiger partial charge in [-0.1, -0.05) is 0 Å². The summed E-state index contributed by atoms with van der Waals surface area (Å²) in [5.74, 6) is 0.332. The molecule has 1 aliphatic heterocycles. The molecule has 2 aromatic rings. The molecular weight excluding hydrogens is 282 g/mol. The maximum atomic E-state index is 12.5. The number of hydrogen-bond acceptors (Lipinski definition) is 5. The zero-order valence-corrected chi connectivity index (χ0v) is 12.7. The van der Waals surface area contributed by atoms with Crippen LogP contribution in [0.3, 0.4) is 0 Å². The lowest BCUT2D eigenvalue weighted by Gasteiger charge is -2.32. The number of amides is 1. The van der Waals surface area contributed by atoms with Crippen molar-refractivity contribution in [1.82, 2.24) is 19.4 Å². The number of aryl methyl sites for hydroxylation is 2. The van der Waals surface area contributed by atoms with E-state index in [1.54, 1.807) is 35.0 Å². The van der Waals surface area contributed by atoms with Crippen molar-refractivity contribution < 1.29 is 9.53 Å².